The van der Waals surface area contributed by atoms with E-state index in [9.17, 15) is 4.79 Å². The lowest BCUT2D eigenvalue weighted by atomic mass is 10.3. The maximum Gasteiger partial charge on any atom is 0.286 e. The van der Waals surface area contributed by atoms with E-state index >= 15 is 0 Å². The molecular weight excluding hydrogens is 280 g/mol. The van der Waals surface area contributed by atoms with Gasteiger partial charge in [0.1, 0.15) is 0 Å². The number of benzene rings is 1. The van der Waals surface area contributed by atoms with Gasteiger partial charge in [-0.15, -0.1) is 10.2 Å². The molecule has 1 amide bonds. The molecule has 0 spiro atoms. The zero-order chi connectivity index (χ0) is 13.9. The van der Waals surface area contributed by atoms with Gasteiger partial charge in [-0.25, -0.2) is 0 Å². The number of hydrogen-bond acceptors (Lipinski definition) is 7. The van der Waals surface area contributed by atoms with Crippen LogP contribution in [0.3, 0.4) is 0 Å². The molecule has 20 heavy (non-hydrogen) atoms. The number of fused-ring (bicyclic) bond motifs is 1. The lowest BCUT2D eigenvalue weighted by molar-refractivity contribution is 0.102. The molecule has 0 atom stereocenters. The molecule has 0 saturated heterocycles. The largest absolute Gasteiger partial charge is 0.454 e. The summed E-state index contributed by atoms with van der Waals surface area (Å²) >= 11 is 1.21. The second-order valence-corrected chi connectivity index (χ2v) is 4.94. The van der Waals surface area contributed by atoms with Crippen molar-refractivity contribution in [1.29, 1.82) is 0 Å². The Kier molecular flexibility index (Phi) is 3.38. The third kappa shape index (κ3) is 2.50. The number of carbonyl (C=O) groups excluding carboxylic acids is 1. The third-order valence-corrected chi connectivity index (χ3v) is 3.46. The van der Waals surface area contributed by atoms with Crippen LogP contribution in [-0.2, 0) is 0 Å². The zero-order valence-corrected chi connectivity index (χ0v) is 11.5. The van der Waals surface area contributed by atoms with E-state index in [1.165, 1.54) is 11.3 Å². The molecule has 0 saturated carbocycles. The fourth-order valence-electron chi connectivity index (χ4n) is 1.70. The minimum Gasteiger partial charge on any atom is -0.454 e. The first-order valence-electron chi connectivity index (χ1n) is 6.04. The first kappa shape index (κ1) is 12.7. The van der Waals surface area contributed by atoms with Crippen molar-refractivity contribution in [3.05, 3.63) is 23.2 Å². The molecule has 1 aromatic heterocycles. The minimum atomic E-state index is -0.300. The molecule has 0 radical (unpaired) electrons. The number of nitrogens with one attached hydrogen (secondary N) is 2. The van der Waals surface area contributed by atoms with Gasteiger partial charge in [-0.05, 0) is 19.1 Å². The average Bonchev–Trinajstić information content (AvgIpc) is 3.07. The maximum absolute atomic E-state index is 12.0. The van der Waals surface area contributed by atoms with Crippen molar-refractivity contribution < 1.29 is 14.3 Å². The number of amides is 1. The van der Waals surface area contributed by atoms with Gasteiger partial charge in [-0.1, -0.05) is 11.3 Å². The zero-order valence-electron chi connectivity index (χ0n) is 10.7. The third-order valence-electron chi connectivity index (χ3n) is 2.58. The number of anilines is 2. The van der Waals surface area contributed by atoms with Crippen LogP contribution >= 0.6 is 11.3 Å². The Hall–Kier alpha value is -2.35. The molecule has 7 nitrogen and oxygen atoms in total. The van der Waals surface area contributed by atoms with E-state index in [0.29, 0.717) is 27.3 Å². The van der Waals surface area contributed by atoms with E-state index in [0.717, 1.165) is 6.54 Å². The predicted molar refractivity (Wildman–Crippen MR) is 74.6 cm³/mol. The number of aromatic nitrogens is 2. The smallest absolute Gasteiger partial charge is 0.286 e. The van der Waals surface area contributed by atoms with Crippen molar-refractivity contribution >= 4 is 28.1 Å². The highest BCUT2D eigenvalue weighted by Crippen LogP contribution is 2.34. The van der Waals surface area contributed by atoms with Crippen molar-refractivity contribution in [3.8, 4) is 11.5 Å². The summed E-state index contributed by atoms with van der Waals surface area (Å²) in [4.78, 5) is 12.0. The Bertz CT molecular complexity index is 643. The van der Waals surface area contributed by atoms with Crippen LogP contribution in [-0.4, -0.2) is 29.4 Å². The van der Waals surface area contributed by atoms with Crippen LogP contribution in [0, 0.1) is 0 Å². The summed E-state index contributed by atoms with van der Waals surface area (Å²) < 4.78 is 10.5. The van der Waals surface area contributed by atoms with Crippen molar-refractivity contribution in [2.45, 2.75) is 6.92 Å². The van der Waals surface area contributed by atoms with Gasteiger partial charge in [0, 0.05) is 18.3 Å². The molecule has 2 N–H and O–H groups in total. The number of hydrogen-bond donors (Lipinski definition) is 2. The first-order valence-corrected chi connectivity index (χ1v) is 6.86. The van der Waals surface area contributed by atoms with E-state index in [4.69, 9.17) is 9.47 Å². The van der Waals surface area contributed by atoms with Crippen molar-refractivity contribution in [2.75, 3.05) is 24.0 Å². The highest BCUT2D eigenvalue weighted by molar-refractivity contribution is 7.17. The average molecular weight is 292 g/mol. The molecule has 3 rings (SSSR count). The van der Waals surface area contributed by atoms with E-state index in [2.05, 4.69) is 20.8 Å². The van der Waals surface area contributed by atoms with E-state index < -0.39 is 0 Å². The van der Waals surface area contributed by atoms with Gasteiger partial charge in [-0.3, -0.25) is 4.79 Å². The van der Waals surface area contributed by atoms with E-state index in [-0.39, 0.29) is 12.7 Å². The Morgan fingerprint density at radius 2 is 2.20 bits per heavy atom. The lowest BCUT2D eigenvalue weighted by Crippen LogP contribution is -2.11. The Morgan fingerprint density at radius 3 is 3.05 bits per heavy atom. The SMILES string of the molecule is CCNc1nnc(C(=O)Nc2ccc3c(c2)OCO3)s1. The Balaban J connectivity index is 1.71. The fourth-order valence-corrected chi connectivity index (χ4v) is 2.40. The fraction of sp³-hybridized carbons (Fsp3) is 0.250. The van der Waals surface area contributed by atoms with Crippen LogP contribution in [0.2, 0.25) is 0 Å². The van der Waals surface area contributed by atoms with Crippen LogP contribution in [0.25, 0.3) is 0 Å². The molecule has 1 aromatic carbocycles. The molecule has 104 valence electrons. The Labute approximate surface area is 118 Å². The molecule has 1 aliphatic heterocycles. The summed E-state index contributed by atoms with van der Waals surface area (Å²) in [5.74, 6) is 0.993. The van der Waals surface area contributed by atoms with Gasteiger partial charge in [0.2, 0.25) is 16.9 Å². The van der Waals surface area contributed by atoms with Crippen LogP contribution in [0.4, 0.5) is 10.8 Å². The summed E-state index contributed by atoms with van der Waals surface area (Å²) in [6.07, 6.45) is 0. The molecular formula is C12H12N4O3S. The number of ether oxygens (including phenoxy) is 2. The van der Waals surface area contributed by atoms with Crippen LogP contribution in [0.1, 0.15) is 16.7 Å². The maximum atomic E-state index is 12.0. The summed E-state index contributed by atoms with van der Waals surface area (Å²) in [6.45, 7) is 2.89. The number of nitrogens with zero attached hydrogens (tertiary/aromatic N) is 2. The molecule has 8 heteroatoms. The van der Waals surface area contributed by atoms with E-state index in [1.807, 2.05) is 6.92 Å². The second-order valence-electron chi connectivity index (χ2n) is 3.96. The molecule has 2 aromatic rings. The van der Waals surface area contributed by atoms with Gasteiger partial charge >= 0.3 is 0 Å². The van der Waals surface area contributed by atoms with Crippen molar-refractivity contribution in [2.24, 2.45) is 0 Å². The van der Waals surface area contributed by atoms with Gasteiger partial charge in [-0.2, -0.15) is 0 Å². The highest BCUT2D eigenvalue weighted by atomic mass is 32.1. The number of carbonyl (C=O) groups is 1. The normalized spacial score (nSPS) is 12.2. The standard InChI is InChI=1S/C12H12N4O3S/c1-2-13-12-16-15-11(20-12)10(17)14-7-3-4-8-9(5-7)19-6-18-8/h3-5H,2,6H2,1H3,(H,13,16)(H,14,17). The van der Waals surface area contributed by atoms with Crippen LogP contribution in [0.15, 0.2) is 18.2 Å². The molecule has 0 aliphatic carbocycles. The van der Waals surface area contributed by atoms with E-state index in [1.54, 1.807) is 18.2 Å². The number of rotatable bonds is 4. The summed E-state index contributed by atoms with van der Waals surface area (Å²) in [5.41, 5.74) is 0.624. The predicted octanol–water partition coefficient (Wildman–Crippen LogP) is 1.95. The Morgan fingerprint density at radius 1 is 1.35 bits per heavy atom. The van der Waals surface area contributed by atoms with Gasteiger partial charge in [0.25, 0.3) is 5.91 Å². The summed E-state index contributed by atoms with van der Waals surface area (Å²) in [6, 6.07) is 5.21. The molecule has 0 unspecified atom stereocenters. The summed E-state index contributed by atoms with van der Waals surface area (Å²) in [7, 11) is 0. The first-order chi connectivity index (χ1) is 9.76. The lowest BCUT2D eigenvalue weighted by Gasteiger charge is -2.03. The van der Waals surface area contributed by atoms with Crippen LogP contribution < -0.4 is 20.1 Å². The van der Waals surface area contributed by atoms with Gasteiger partial charge in [0.15, 0.2) is 11.5 Å². The molecule has 0 fully saturated rings. The minimum absolute atomic E-state index is 0.204. The van der Waals surface area contributed by atoms with Crippen molar-refractivity contribution in [3.63, 3.8) is 0 Å². The van der Waals surface area contributed by atoms with Gasteiger partial charge < -0.3 is 20.1 Å². The van der Waals surface area contributed by atoms with Gasteiger partial charge in [0.05, 0.1) is 0 Å². The molecule has 0 bridgehead atoms. The summed E-state index contributed by atoms with van der Waals surface area (Å²) in [5, 5.41) is 14.4. The molecule has 2 heterocycles. The van der Waals surface area contributed by atoms with Crippen LogP contribution in [0.5, 0.6) is 11.5 Å². The topological polar surface area (TPSA) is 85.4 Å². The quantitative estimate of drug-likeness (QED) is 0.896. The second kappa shape index (κ2) is 5.33. The van der Waals surface area contributed by atoms with Crippen molar-refractivity contribution in [1.82, 2.24) is 10.2 Å². The monoisotopic (exact) mass is 292 g/mol. The molecule has 1 aliphatic rings. The highest BCUT2D eigenvalue weighted by Gasteiger charge is 2.16.